The van der Waals surface area contributed by atoms with Crippen LogP contribution in [0.4, 0.5) is 4.79 Å². The third kappa shape index (κ3) is 4.96. The first kappa shape index (κ1) is 18.8. The second-order valence-electron chi connectivity index (χ2n) is 7.31. The zero-order chi connectivity index (χ0) is 18.6. The van der Waals surface area contributed by atoms with Crippen molar-refractivity contribution in [2.75, 3.05) is 19.6 Å². The Morgan fingerprint density at radius 2 is 1.88 bits per heavy atom. The third-order valence-corrected chi connectivity index (χ3v) is 4.02. The SMILES string of the molecule is CC1CN(C(=O)OC(C)(C)C)CCN1C(=O)c1ccc(CC#N)cc1. The molecule has 25 heavy (non-hydrogen) atoms. The van der Waals surface area contributed by atoms with Gasteiger partial charge in [-0.25, -0.2) is 4.79 Å². The molecule has 1 aliphatic rings. The van der Waals surface area contributed by atoms with E-state index in [1.165, 1.54) is 0 Å². The molecule has 1 fully saturated rings. The molecular weight excluding hydrogens is 318 g/mol. The lowest BCUT2D eigenvalue weighted by molar-refractivity contribution is 0.00617. The van der Waals surface area contributed by atoms with Crippen molar-refractivity contribution in [2.24, 2.45) is 0 Å². The number of carbonyl (C=O) groups excluding carboxylic acids is 2. The first-order valence-electron chi connectivity index (χ1n) is 8.46. The van der Waals surface area contributed by atoms with Gasteiger partial charge in [-0.15, -0.1) is 0 Å². The van der Waals surface area contributed by atoms with Crippen molar-refractivity contribution >= 4 is 12.0 Å². The van der Waals surface area contributed by atoms with Gasteiger partial charge >= 0.3 is 6.09 Å². The number of ether oxygens (including phenoxy) is 1. The van der Waals surface area contributed by atoms with Gasteiger partial charge in [0.25, 0.3) is 5.91 Å². The molecule has 0 saturated carbocycles. The molecule has 2 rings (SSSR count). The fourth-order valence-corrected chi connectivity index (χ4v) is 2.77. The van der Waals surface area contributed by atoms with Crippen LogP contribution in [0.1, 0.15) is 43.6 Å². The molecule has 1 heterocycles. The molecule has 134 valence electrons. The lowest BCUT2D eigenvalue weighted by Crippen LogP contribution is -2.56. The Morgan fingerprint density at radius 1 is 1.24 bits per heavy atom. The summed E-state index contributed by atoms with van der Waals surface area (Å²) < 4.78 is 5.40. The number of benzene rings is 1. The Kier molecular flexibility index (Phi) is 5.68. The molecule has 0 aliphatic carbocycles. The predicted octanol–water partition coefficient (Wildman–Crippen LogP) is 2.83. The summed E-state index contributed by atoms with van der Waals surface area (Å²) in [6.45, 7) is 8.82. The molecular formula is C19H25N3O3. The van der Waals surface area contributed by atoms with Gasteiger partial charge in [0.2, 0.25) is 0 Å². The minimum Gasteiger partial charge on any atom is -0.444 e. The van der Waals surface area contributed by atoms with Gasteiger partial charge in [-0.2, -0.15) is 5.26 Å². The lowest BCUT2D eigenvalue weighted by Gasteiger charge is -2.40. The van der Waals surface area contributed by atoms with Crippen LogP contribution < -0.4 is 0 Å². The molecule has 6 nitrogen and oxygen atoms in total. The average Bonchev–Trinajstić information content (AvgIpc) is 2.53. The molecule has 1 aromatic rings. The van der Waals surface area contributed by atoms with Crippen LogP contribution in [0.5, 0.6) is 0 Å². The summed E-state index contributed by atoms with van der Waals surface area (Å²) in [5.74, 6) is -0.0557. The van der Waals surface area contributed by atoms with Crippen molar-refractivity contribution in [1.82, 2.24) is 9.80 Å². The highest BCUT2D eigenvalue weighted by molar-refractivity contribution is 5.94. The number of amides is 2. The van der Waals surface area contributed by atoms with Crippen LogP contribution >= 0.6 is 0 Å². The largest absolute Gasteiger partial charge is 0.444 e. The van der Waals surface area contributed by atoms with Crippen LogP contribution in [0.25, 0.3) is 0 Å². The van der Waals surface area contributed by atoms with E-state index < -0.39 is 5.60 Å². The van der Waals surface area contributed by atoms with Gasteiger partial charge in [0.1, 0.15) is 5.60 Å². The van der Waals surface area contributed by atoms with E-state index in [1.54, 1.807) is 34.1 Å². The molecule has 2 amide bonds. The minimum atomic E-state index is -0.529. The quantitative estimate of drug-likeness (QED) is 0.827. The van der Waals surface area contributed by atoms with Crippen LogP contribution in [0, 0.1) is 11.3 Å². The zero-order valence-electron chi connectivity index (χ0n) is 15.3. The Balaban J connectivity index is 1.99. The number of hydrogen-bond acceptors (Lipinski definition) is 4. The van der Waals surface area contributed by atoms with Crippen LogP contribution in [0.3, 0.4) is 0 Å². The summed E-state index contributed by atoms with van der Waals surface area (Å²) in [6, 6.07) is 9.11. The van der Waals surface area contributed by atoms with Crippen molar-refractivity contribution < 1.29 is 14.3 Å². The van der Waals surface area contributed by atoms with Crippen molar-refractivity contribution in [2.45, 2.75) is 45.8 Å². The number of hydrogen-bond donors (Lipinski definition) is 0. The van der Waals surface area contributed by atoms with E-state index in [9.17, 15) is 9.59 Å². The van der Waals surface area contributed by atoms with E-state index in [0.29, 0.717) is 31.6 Å². The molecule has 1 unspecified atom stereocenters. The van der Waals surface area contributed by atoms with E-state index in [4.69, 9.17) is 10.00 Å². The summed E-state index contributed by atoms with van der Waals surface area (Å²) in [5.41, 5.74) is 0.958. The number of rotatable bonds is 2. The van der Waals surface area contributed by atoms with Crippen LogP contribution in [-0.4, -0.2) is 53.1 Å². The third-order valence-electron chi connectivity index (χ3n) is 4.02. The molecule has 0 N–H and O–H groups in total. The van der Waals surface area contributed by atoms with Gasteiger partial charge in [0.05, 0.1) is 12.5 Å². The van der Waals surface area contributed by atoms with Crippen LogP contribution in [-0.2, 0) is 11.2 Å². The normalized spacial score (nSPS) is 17.8. The van der Waals surface area contributed by atoms with E-state index in [1.807, 2.05) is 27.7 Å². The predicted molar refractivity (Wildman–Crippen MR) is 94.1 cm³/mol. The zero-order valence-corrected chi connectivity index (χ0v) is 15.3. The second-order valence-corrected chi connectivity index (χ2v) is 7.31. The molecule has 0 aromatic heterocycles. The highest BCUT2D eigenvalue weighted by Crippen LogP contribution is 2.17. The summed E-state index contributed by atoms with van der Waals surface area (Å²) in [6.07, 6.45) is -0.00768. The topological polar surface area (TPSA) is 73.6 Å². The monoisotopic (exact) mass is 343 g/mol. The van der Waals surface area contributed by atoms with E-state index in [0.717, 1.165) is 5.56 Å². The van der Waals surface area contributed by atoms with Crippen molar-refractivity contribution in [3.63, 3.8) is 0 Å². The summed E-state index contributed by atoms with van der Waals surface area (Å²) >= 11 is 0. The number of piperazine rings is 1. The summed E-state index contributed by atoms with van der Waals surface area (Å²) in [4.78, 5) is 28.3. The lowest BCUT2D eigenvalue weighted by atomic mass is 10.1. The maximum atomic E-state index is 12.7. The van der Waals surface area contributed by atoms with E-state index >= 15 is 0 Å². The number of nitriles is 1. The first-order chi connectivity index (χ1) is 11.7. The minimum absolute atomic E-state index is 0.0557. The molecule has 1 aliphatic heterocycles. The van der Waals surface area contributed by atoms with Gasteiger partial charge in [-0.05, 0) is 45.4 Å². The van der Waals surface area contributed by atoms with Crippen LogP contribution in [0.15, 0.2) is 24.3 Å². The van der Waals surface area contributed by atoms with Crippen LogP contribution in [0.2, 0.25) is 0 Å². The second kappa shape index (κ2) is 7.56. The summed E-state index contributed by atoms with van der Waals surface area (Å²) in [7, 11) is 0. The fraction of sp³-hybridized carbons (Fsp3) is 0.526. The van der Waals surface area contributed by atoms with E-state index in [2.05, 4.69) is 6.07 Å². The molecule has 6 heteroatoms. The number of nitrogens with zero attached hydrogens (tertiary/aromatic N) is 3. The van der Waals surface area contributed by atoms with Crippen molar-refractivity contribution in [1.29, 1.82) is 5.26 Å². The molecule has 1 saturated heterocycles. The average molecular weight is 343 g/mol. The van der Waals surface area contributed by atoms with E-state index in [-0.39, 0.29) is 18.0 Å². The van der Waals surface area contributed by atoms with Gasteiger partial charge in [0, 0.05) is 31.2 Å². The van der Waals surface area contributed by atoms with Gasteiger partial charge in [-0.1, -0.05) is 12.1 Å². The standard InChI is InChI=1S/C19H25N3O3/c1-14-13-21(18(24)25-19(2,3)4)11-12-22(14)17(23)16-7-5-15(6-8-16)9-10-20/h5-8,14H,9,11-13H2,1-4H3. The highest BCUT2D eigenvalue weighted by Gasteiger charge is 2.32. The summed E-state index contributed by atoms with van der Waals surface area (Å²) in [5, 5.41) is 8.71. The Labute approximate surface area is 149 Å². The van der Waals surface area contributed by atoms with Crippen molar-refractivity contribution in [3.8, 4) is 6.07 Å². The Morgan fingerprint density at radius 3 is 2.40 bits per heavy atom. The first-order valence-corrected chi connectivity index (χ1v) is 8.46. The fourth-order valence-electron chi connectivity index (χ4n) is 2.77. The Bertz CT molecular complexity index is 671. The Hall–Kier alpha value is -2.55. The highest BCUT2D eigenvalue weighted by atomic mass is 16.6. The molecule has 0 radical (unpaired) electrons. The molecule has 0 spiro atoms. The van der Waals surface area contributed by atoms with Gasteiger partial charge in [0.15, 0.2) is 0 Å². The van der Waals surface area contributed by atoms with Crippen molar-refractivity contribution in [3.05, 3.63) is 35.4 Å². The molecule has 0 bridgehead atoms. The van der Waals surface area contributed by atoms with Gasteiger partial charge < -0.3 is 14.5 Å². The smallest absolute Gasteiger partial charge is 0.410 e. The number of carbonyl (C=O) groups is 2. The van der Waals surface area contributed by atoms with Gasteiger partial charge in [-0.3, -0.25) is 4.79 Å². The molecule has 1 aromatic carbocycles. The maximum absolute atomic E-state index is 12.7. The molecule has 1 atom stereocenters. The maximum Gasteiger partial charge on any atom is 0.410 e.